The summed E-state index contributed by atoms with van der Waals surface area (Å²) >= 11 is 0. The van der Waals surface area contributed by atoms with E-state index in [9.17, 15) is 0 Å². The molecule has 0 radical (unpaired) electrons. The van der Waals surface area contributed by atoms with Gasteiger partial charge >= 0.3 is 0 Å². The molecule has 0 amide bonds. The van der Waals surface area contributed by atoms with Crippen LogP contribution in [-0.2, 0) is 0 Å². The Bertz CT molecular complexity index is 256. The third kappa shape index (κ3) is 4.71. The van der Waals surface area contributed by atoms with Gasteiger partial charge in [0.2, 0.25) is 0 Å². The van der Waals surface area contributed by atoms with Gasteiger partial charge in [0.05, 0.1) is 0 Å². The van der Waals surface area contributed by atoms with Crippen molar-refractivity contribution in [2.75, 3.05) is 13.1 Å². The molecule has 1 saturated heterocycles. The molecule has 3 aliphatic rings. The molecule has 2 saturated carbocycles. The zero-order valence-electron chi connectivity index (χ0n) is 14.2. The van der Waals surface area contributed by atoms with Gasteiger partial charge in [-0.2, -0.15) is 0 Å². The van der Waals surface area contributed by atoms with Crippen molar-refractivity contribution in [2.45, 2.75) is 96.3 Å². The minimum absolute atomic E-state index is 0.689. The summed E-state index contributed by atoms with van der Waals surface area (Å²) in [6.07, 6.45) is 22.8. The van der Waals surface area contributed by atoms with E-state index in [-0.39, 0.29) is 0 Å². The molecule has 1 N–H and O–H groups in total. The lowest BCUT2D eigenvalue weighted by Gasteiger charge is -2.33. The first-order valence-corrected chi connectivity index (χ1v) is 10.1. The molecule has 21 heavy (non-hydrogen) atoms. The highest BCUT2D eigenvalue weighted by Gasteiger charge is 2.34. The highest BCUT2D eigenvalue weighted by molar-refractivity contribution is 4.89. The van der Waals surface area contributed by atoms with E-state index in [1.54, 1.807) is 0 Å². The zero-order chi connectivity index (χ0) is 14.4. The molecule has 2 aliphatic carbocycles. The Balaban J connectivity index is 1.45. The average molecular weight is 292 g/mol. The van der Waals surface area contributed by atoms with Gasteiger partial charge in [-0.15, -0.1) is 0 Å². The quantitative estimate of drug-likeness (QED) is 0.663. The number of rotatable bonds is 6. The second kappa shape index (κ2) is 7.99. The normalized spacial score (nSPS) is 28.0. The zero-order valence-corrected chi connectivity index (χ0v) is 14.2. The monoisotopic (exact) mass is 291 g/mol. The number of nitrogens with one attached hydrogen (secondary N) is 1. The lowest BCUT2D eigenvalue weighted by atomic mass is 9.72. The Labute approximate surface area is 132 Å². The van der Waals surface area contributed by atoms with Gasteiger partial charge in [0.15, 0.2) is 0 Å². The molecular weight excluding hydrogens is 254 g/mol. The van der Waals surface area contributed by atoms with Gasteiger partial charge in [0.1, 0.15) is 0 Å². The fourth-order valence-corrected chi connectivity index (χ4v) is 5.32. The molecule has 3 rings (SSSR count). The second-order valence-corrected chi connectivity index (χ2v) is 8.51. The first-order valence-electron chi connectivity index (χ1n) is 10.1. The summed E-state index contributed by atoms with van der Waals surface area (Å²) in [6, 6.07) is 0. The first kappa shape index (κ1) is 15.8. The van der Waals surface area contributed by atoms with Gasteiger partial charge in [0.25, 0.3) is 0 Å². The summed E-state index contributed by atoms with van der Waals surface area (Å²) in [6.45, 7) is 2.61. The van der Waals surface area contributed by atoms with Gasteiger partial charge in [-0.1, -0.05) is 64.2 Å². The van der Waals surface area contributed by atoms with E-state index < -0.39 is 0 Å². The van der Waals surface area contributed by atoms with Crippen molar-refractivity contribution in [1.29, 1.82) is 0 Å². The van der Waals surface area contributed by atoms with Crippen molar-refractivity contribution in [2.24, 2.45) is 17.3 Å². The fourth-order valence-electron chi connectivity index (χ4n) is 5.32. The highest BCUT2D eigenvalue weighted by Crippen LogP contribution is 2.41. The topological polar surface area (TPSA) is 12.0 Å². The molecule has 1 nitrogen and oxygen atoms in total. The minimum atomic E-state index is 0.689. The van der Waals surface area contributed by atoms with Crippen LogP contribution in [0, 0.1) is 17.3 Å². The summed E-state index contributed by atoms with van der Waals surface area (Å²) in [7, 11) is 0. The third-order valence-corrected chi connectivity index (χ3v) is 6.95. The van der Waals surface area contributed by atoms with Crippen LogP contribution in [0.2, 0.25) is 0 Å². The van der Waals surface area contributed by atoms with Crippen molar-refractivity contribution in [3.63, 3.8) is 0 Å². The van der Waals surface area contributed by atoms with Crippen molar-refractivity contribution in [1.82, 2.24) is 5.32 Å². The van der Waals surface area contributed by atoms with E-state index in [2.05, 4.69) is 5.32 Å². The molecule has 0 aromatic carbocycles. The van der Waals surface area contributed by atoms with E-state index in [1.807, 2.05) is 0 Å². The van der Waals surface area contributed by atoms with Crippen LogP contribution in [0.25, 0.3) is 0 Å². The molecule has 122 valence electrons. The van der Waals surface area contributed by atoms with E-state index in [0.29, 0.717) is 5.41 Å². The Morgan fingerprint density at radius 3 is 1.67 bits per heavy atom. The summed E-state index contributed by atoms with van der Waals surface area (Å²) in [4.78, 5) is 0. The Kier molecular flexibility index (Phi) is 6.03. The number of hydrogen-bond acceptors (Lipinski definition) is 1. The maximum atomic E-state index is 3.69. The molecule has 1 heteroatoms. The van der Waals surface area contributed by atoms with Gasteiger partial charge in [0, 0.05) is 6.54 Å². The molecule has 3 fully saturated rings. The van der Waals surface area contributed by atoms with Crippen molar-refractivity contribution >= 4 is 0 Å². The summed E-state index contributed by atoms with van der Waals surface area (Å²) in [5.74, 6) is 2.15. The number of hydrogen-bond donors (Lipinski definition) is 1. The molecule has 0 bridgehead atoms. The van der Waals surface area contributed by atoms with Gasteiger partial charge in [-0.3, -0.25) is 0 Å². The fraction of sp³-hybridized carbons (Fsp3) is 1.00. The van der Waals surface area contributed by atoms with Crippen molar-refractivity contribution < 1.29 is 0 Å². The first-order chi connectivity index (χ1) is 10.4. The second-order valence-electron chi connectivity index (χ2n) is 8.51. The molecule has 1 aliphatic heterocycles. The SMILES string of the molecule is C1CCC(CCC2(CCC3CCCCC3)CCNC2)CC1. The van der Waals surface area contributed by atoms with Crippen molar-refractivity contribution in [3.8, 4) is 0 Å². The predicted molar refractivity (Wildman–Crippen MR) is 91.5 cm³/mol. The van der Waals surface area contributed by atoms with E-state index in [4.69, 9.17) is 0 Å². The average Bonchev–Trinajstić information content (AvgIpc) is 3.03. The molecule has 1 heterocycles. The smallest absolute Gasteiger partial charge is 0.000829 e. The van der Waals surface area contributed by atoms with E-state index in [0.717, 1.165) is 11.8 Å². The van der Waals surface area contributed by atoms with Crippen LogP contribution >= 0.6 is 0 Å². The molecule has 0 aromatic heterocycles. The standard InChI is InChI=1S/C20H37N/c1-3-7-18(8-4-1)11-13-20(15-16-21-17-20)14-12-19-9-5-2-6-10-19/h18-19,21H,1-17H2. The summed E-state index contributed by atoms with van der Waals surface area (Å²) < 4.78 is 0. The Hall–Kier alpha value is -0.0400. The Morgan fingerprint density at radius 2 is 1.24 bits per heavy atom. The van der Waals surface area contributed by atoms with Crippen LogP contribution in [-0.4, -0.2) is 13.1 Å². The summed E-state index contributed by atoms with van der Waals surface area (Å²) in [5, 5.41) is 3.69. The van der Waals surface area contributed by atoms with Crippen LogP contribution in [0.1, 0.15) is 96.3 Å². The van der Waals surface area contributed by atoms with Crippen LogP contribution < -0.4 is 5.32 Å². The highest BCUT2D eigenvalue weighted by atomic mass is 14.9. The van der Waals surface area contributed by atoms with Gasteiger partial charge in [-0.05, 0) is 55.9 Å². The predicted octanol–water partition coefficient (Wildman–Crippen LogP) is 5.69. The minimum Gasteiger partial charge on any atom is -0.316 e. The lowest BCUT2D eigenvalue weighted by Crippen LogP contribution is -2.26. The maximum Gasteiger partial charge on any atom is 0.000829 e. The molecule has 0 unspecified atom stereocenters. The Morgan fingerprint density at radius 1 is 0.714 bits per heavy atom. The van der Waals surface area contributed by atoms with Gasteiger partial charge < -0.3 is 5.32 Å². The van der Waals surface area contributed by atoms with Crippen LogP contribution in [0.5, 0.6) is 0 Å². The maximum absolute atomic E-state index is 3.69. The summed E-state index contributed by atoms with van der Waals surface area (Å²) in [5.41, 5.74) is 0.689. The van der Waals surface area contributed by atoms with Crippen LogP contribution in [0.4, 0.5) is 0 Å². The van der Waals surface area contributed by atoms with E-state index >= 15 is 0 Å². The van der Waals surface area contributed by atoms with E-state index in [1.165, 1.54) is 109 Å². The molecule has 0 spiro atoms. The van der Waals surface area contributed by atoms with Gasteiger partial charge in [-0.25, -0.2) is 0 Å². The van der Waals surface area contributed by atoms with Crippen LogP contribution in [0.3, 0.4) is 0 Å². The third-order valence-electron chi connectivity index (χ3n) is 6.95. The van der Waals surface area contributed by atoms with Crippen LogP contribution in [0.15, 0.2) is 0 Å². The lowest BCUT2D eigenvalue weighted by molar-refractivity contribution is 0.196. The molecule has 0 aromatic rings. The largest absolute Gasteiger partial charge is 0.316 e. The molecular formula is C20H37N. The van der Waals surface area contributed by atoms with Crippen molar-refractivity contribution in [3.05, 3.63) is 0 Å². The molecule has 0 atom stereocenters.